The minimum Gasteiger partial charge on any atom is -0.444 e. The van der Waals surface area contributed by atoms with Crippen LogP contribution in [0.3, 0.4) is 0 Å². The molecule has 0 fully saturated rings. The summed E-state index contributed by atoms with van der Waals surface area (Å²) in [6, 6.07) is 0. The summed E-state index contributed by atoms with van der Waals surface area (Å²) in [6.07, 6.45) is 19.7. The summed E-state index contributed by atoms with van der Waals surface area (Å²) >= 11 is 0. The first-order valence-electron chi connectivity index (χ1n) is 13.3. The summed E-state index contributed by atoms with van der Waals surface area (Å²) in [5.41, 5.74) is 0. The minimum atomic E-state index is -1.95. The predicted octanol–water partition coefficient (Wildman–Crippen LogP) is 6.79. The van der Waals surface area contributed by atoms with Crippen LogP contribution in [0, 0.1) is 0 Å². The molecule has 0 bridgehead atoms. The fraction of sp³-hybridized carbons (Fsp3) is 0.960. The third-order valence-electron chi connectivity index (χ3n) is 5.72. The third kappa shape index (κ3) is 24.5. The van der Waals surface area contributed by atoms with Gasteiger partial charge in [0, 0.05) is 13.6 Å². The van der Waals surface area contributed by atoms with Crippen molar-refractivity contribution in [3.63, 3.8) is 0 Å². The van der Waals surface area contributed by atoms with Crippen LogP contribution < -0.4 is 5.32 Å². The largest absolute Gasteiger partial charge is 0.444 e. The van der Waals surface area contributed by atoms with E-state index in [9.17, 15) is 9.69 Å². The lowest BCUT2D eigenvalue weighted by molar-refractivity contribution is 0.0521. The molecule has 2 N–H and O–H groups in total. The van der Waals surface area contributed by atoms with Crippen molar-refractivity contribution < 1.29 is 23.5 Å². The molecule has 2 atom stereocenters. The van der Waals surface area contributed by atoms with Gasteiger partial charge in [-0.3, -0.25) is 0 Å². The van der Waals surface area contributed by atoms with Gasteiger partial charge in [-0.05, 0) is 26.9 Å². The summed E-state index contributed by atoms with van der Waals surface area (Å²) in [7, 11) is 3.47. The van der Waals surface area contributed by atoms with Crippen LogP contribution in [-0.4, -0.2) is 62.9 Å². The van der Waals surface area contributed by atoms with Gasteiger partial charge < -0.3 is 28.9 Å². The molecule has 0 heterocycles. The second-order valence-corrected chi connectivity index (χ2v) is 10.2. The van der Waals surface area contributed by atoms with Crippen LogP contribution in [0.15, 0.2) is 0 Å². The Labute approximate surface area is 205 Å². The molecule has 0 aromatic heterocycles. The van der Waals surface area contributed by atoms with Gasteiger partial charge in [0.2, 0.25) is 0 Å². The Bertz CT molecular complexity index is 430. The zero-order chi connectivity index (χ0) is 24.6. The van der Waals surface area contributed by atoms with Crippen molar-refractivity contribution in [2.24, 2.45) is 0 Å². The van der Waals surface area contributed by atoms with Crippen LogP contribution in [0.25, 0.3) is 0 Å². The van der Waals surface area contributed by atoms with Crippen molar-refractivity contribution in [1.29, 1.82) is 0 Å². The van der Waals surface area contributed by atoms with Crippen molar-refractivity contribution in [3.8, 4) is 0 Å². The molecule has 0 aliphatic rings. The molecule has 0 saturated carbocycles. The van der Waals surface area contributed by atoms with E-state index in [1.807, 2.05) is 19.0 Å². The lowest BCUT2D eigenvalue weighted by Gasteiger charge is -2.19. The van der Waals surface area contributed by atoms with Gasteiger partial charge in [0.05, 0.1) is 13.2 Å². The van der Waals surface area contributed by atoms with E-state index in [2.05, 4.69) is 12.2 Å². The molecule has 0 aromatic rings. The van der Waals surface area contributed by atoms with Crippen molar-refractivity contribution in [2.45, 2.75) is 116 Å². The van der Waals surface area contributed by atoms with Gasteiger partial charge in [0.1, 0.15) is 6.10 Å². The number of amides is 1. The number of hydrogen-bond acceptors (Lipinski definition) is 6. The molecule has 198 valence electrons. The van der Waals surface area contributed by atoms with Gasteiger partial charge >= 0.3 is 14.7 Å². The van der Waals surface area contributed by atoms with E-state index in [-0.39, 0.29) is 12.7 Å². The average Bonchev–Trinajstić information content (AvgIpc) is 2.79. The van der Waals surface area contributed by atoms with Crippen molar-refractivity contribution in [3.05, 3.63) is 0 Å². The van der Waals surface area contributed by atoms with E-state index in [4.69, 9.17) is 13.8 Å². The second kappa shape index (κ2) is 24.7. The number of likely N-dealkylation sites (N-methyl/N-ethyl adjacent to an activating group) is 1. The van der Waals surface area contributed by atoms with Gasteiger partial charge in [0.15, 0.2) is 0 Å². The van der Waals surface area contributed by atoms with Gasteiger partial charge in [-0.2, -0.15) is 0 Å². The number of ether oxygens (including phenoxy) is 1. The fourth-order valence-corrected chi connectivity index (χ4v) is 4.22. The fourth-order valence-electron chi connectivity index (χ4n) is 3.62. The van der Waals surface area contributed by atoms with E-state index in [1.165, 1.54) is 90.5 Å². The average molecular weight is 493 g/mol. The summed E-state index contributed by atoms with van der Waals surface area (Å²) in [6.45, 7) is 3.53. The minimum absolute atomic E-state index is 0.149. The highest BCUT2D eigenvalue weighted by Gasteiger charge is 2.17. The summed E-state index contributed by atoms with van der Waals surface area (Å²) < 4.78 is 16.0. The molecule has 33 heavy (non-hydrogen) atoms. The Balaban J connectivity index is 3.71. The Kier molecular flexibility index (Phi) is 24.3. The smallest absolute Gasteiger partial charge is 0.407 e. The number of nitrogens with zero attached hydrogens (tertiary/aromatic N) is 1. The van der Waals surface area contributed by atoms with Crippen molar-refractivity contribution in [2.75, 3.05) is 40.9 Å². The van der Waals surface area contributed by atoms with Crippen molar-refractivity contribution >= 4 is 14.7 Å². The van der Waals surface area contributed by atoms with Gasteiger partial charge in [-0.1, -0.05) is 96.8 Å². The van der Waals surface area contributed by atoms with Crippen molar-refractivity contribution in [1.82, 2.24) is 10.2 Å². The number of unbranched alkanes of at least 4 members (excludes halogenated alkanes) is 14. The number of carbonyl (C=O) groups excluding carboxylic acids is 1. The number of nitrogens with one attached hydrogen (secondary N) is 1. The molecule has 0 aliphatic heterocycles. The van der Waals surface area contributed by atoms with Gasteiger partial charge in [-0.15, -0.1) is 0 Å². The molecule has 0 rings (SSSR count). The molecule has 0 aliphatic carbocycles. The predicted molar refractivity (Wildman–Crippen MR) is 138 cm³/mol. The van der Waals surface area contributed by atoms with E-state index in [0.717, 1.165) is 19.3 Å². The molecule has 1 amide bonds. The van der Waals surface area contributed by atoms with Gasteiger partial charge in [0.25, 0.3) is 0 Å². The highest BCUT2D eigenvalue weighted by Crippen LogP contribution is 2.33. The summed E-state index contributed by atoms with van der Waals surface area (Å²) in [5, 5.41) is 2.47. The van der Waals surface area contributed by atoms with Crippen LogP contribution in [0.4, 0.5) is 4.79 Å². The molecule has 0 aromatic carbocycles. The van der Waals surface area contributed by atoms with Crippen LogP contribution in [0.5, 0.6) is 0 Å². The SMILES string of the molecule is CCCCCCCCCCCCCCCCCC(COP(O)OCCN(C)C)OC(=O)NC. The number of hydrogen-bond donors (Lipinski definition) is 2. The molecule has 0 radical (unpaired) electrons. The number of rotatable bonds is 24. The molecular formula is C25H53N2O5P. The molecule has 0 spiro atoms. The lowest BCUT2D eigenvalue weighted by Crippen LogP contribution is -2.29. The first-order valence-corrected chi connectivity index (χ1v) is 14.4. The lowest BCUT2D eigenvalue weighted by atomic mass is 10.0. The molecular weight excluding hydrogens is 439 g/mol. The normalized spacial score (nSPS) is 13.3. The van der Waals surface area contributed by atoms with Crippen LogP contribution in [0.1, 0.15) is 110 Å². The maximum absolute atomic E-state index is 11.6. The van der Waals surface area contributed by atoms with E-state index in [0.29, 0.717) is 13.2 Å². The standard InChI is InChI=1S/C25H53N2O5P/c1-5-6-7-8-9-10-11-12-13-14-15-16-17-18-19-20-24(32-25(28)26-2)23-31-33(29)30-22-21-27(3)4/h24,29H,5-23H2,1-4H3,(H,26,28). The summed E-state index contributed by atoms with van der Waals surface area (Å²) in [5.74, 6) is 0. The number of carbonyl (C=O) groups is 1. The van der Waals surface area contributed by atoms with Crippen LogP contribution >= 0.6 is 8.60 Å². The van der Waals surface area contributed by atoms with Gasteiger partial charge in [-0.25, -0.2) is 4.79 Å². The van der Waals surface area contributed by atoms with E-state index in [1.54, 1.807) is 0 Å². The second-order valence-electron chi connectivity index (χ2n) is 9.19. The first-order chi connectivity index (χ1) is 16.0. The topological polar surface area (TPSA) is 80.3 Å². The third-order valence-corrected chi connectivity index (χ3v) is 6.49. The monoisotopic (exact) mass is 492 g/mol. The summed E-state index contributed by atoms with van der Waals surface area (Å²) in [4.78, 5) is 23.4. The van der Waals surface area contributed by atoms with Crippen LogP contribution in [0.2, 0.25) is 0 Å². The first kappa shape index (κ1) is 32.5. The van der Waals surface area contributed by atoms with Crippen LogP contribution in [-0.2, 0) is 13.8 Å². The van der Waals surface area contributed by atoms with E-state index < -0.39 is 14.7 Å². The highest BCUT2D eigenvalue weighted by molar-refractivity contribution is 7.40. The zero-order valence-corrected chi connectivity index (χ0v) is 22.9. The molecule has 8 heteroatoms. The Morgan fingerprint density at radius 2 is 1.33 bits per heavy atom. The Morgan fingerprint density at radius 1 is 0.848 bits per heavy atom. The molecule has 0 saturated heterocycles. The Morgan fingerprint density at radius 3 is 1.79 bits per heavy atom. The molecule has 7 nitrogen and oxygen atoms in total. The Hall–Kier alpha value is -0.460. The quantitative estimate of drug-likeness (QED) is 0.114. The van der Waals surface area contributed by atoms with E-state index >= 15 is 0 Å². The highest BCUT2D eigenvalue weighted by atomic mass is 31.2. The maximum atomic E-state index is 11.6. The maximum Gasteiger partial charge on any atom is 0.407 e. The molecule has 2 unspecified atom stereocenters. The zero-order valence-electron chi connectivity index (χ0n) is 22.0. The number of alkyl carbamates (subject to hydrolysis) is 1.